The van der Waals surface area contributed by atoms with E-state index in [-0.39, 0.29) is 48.4 Å². The second-order valence-corrected chi connectivity index (χ2v) is 12.8. The SMILES string of the molecule is CCCCCCCCCC(C)c1ccc(S(=O)(=O)OCC(CCCCCCCCC)c2ccccc2)cc1.[H-].[Na+]. The van der Waals surface area contributed by atoms with Crippen LogP contribution in [-0.4, -0.2) is 15.0 Å². The van der Waals surface area contributed by atoms with Crippen molar-refractivity contribution >= 4 is 10.1 Å². The molecule has 0 saturated heterocycles. The van der Waals surface area contributed by atoms with Gasteiger partial charge in [-0.1, -0.05) is 153 Å². The summed E-state index contributed by atoms with van der Waals surface area (Å²) in [6, 6.07) is 17.6. The quantitative estimate of drug-likeness (QED) is 0.0834. The molecule has 0 bridgehead atoms. The Morgan fingerprint density at radius 3 is 1.67 bits per heavy atom. The predicted molar refractivity (Wildman–Crippen MR) is 164 cm³/mol. The Morgan fingerprint density at radius 2 is 1.13 bits per heavy atom. The molecule has 0 spiro atoms. The number of rotatable bonds is 22. The Morgan fingerprint density at radius 1 is 0.641 bits per heavy atom. The van der Waals surface area contributed by atoms with Crippen LogP contribution in [0.2, 0.25) is 0 Å². The molecule has 0 aliphatic rings. The second-order valence-electron chi connectivity index (χ2n) is 11.1. The van der Waals surface area contributed by atoms with Crippen molar-refractivity contribution in [2.24, 2.45) is 0 Å². The number of unbranched alkanes of at least 4 members (excludes halogenated alkanes) is 12. The van der Waals surface area contributed by atoms with E-state index < -0.39 is 10.1 Å². The molecule has 0 fully saturated rings. The van der Waals surface area contributed by atoms with Crippen LogP contribution in [0.5, 0.6) is 0 Å². The number of benzene rings is 2. The van der Waals surface area contributed by atoms with Crippen molar-refractivity contribution in [2.45, 2.75) is 140 Å². The van der Waals surface area contributed by atoms with Crippen molar-refractivity contribution < 1.29 is 43.6 Å². The molecule has 0 amide bonds. The zero-order valence-electron chi connectivity index (χ0n) is 26.5. The van der Waals surface area contributed by atoms with Gasteiger partial charge >= 0.3 is 29.6 Å². The summed E-state index contributed by atoms with van der Waals surface area (Å²) < 4.78 is 31.7. The third-order valence-electron chi connectivity index (χ3n) is 7.83. The van der Waals surface area contributed by atoms with Crippen molar-refractivity contribution in [1.82, 2.24) is 0 Å². The molecule has 216 valence electrons. The predicted octanol–water partition coefficient (Wildman–Crippen LogP) is 7.68. The molecule has 2 aromatic rings. The minimum atomic E-state index is -3.78. The molecule has 5 heteroatoms. The fourth-order valence-electron chi connectivity index (χ4n) is 5.20. The third kappa shape index (κ3) is 15.2. The maximum absolute atomic E-state index is 13.0. The standard InChI is InChI=1S/C34H54O3S.Na.H/c1-4-6-8-10-12-14-17-21-30(3)31-25-27-34(28-26-31)38(35,36)37-29-33(32-22-19-16-20-23-32)24-18-15-13-11-9-7-5-2;;/h16,19-20,22-23,25-28,30,33H,4-15,17-18,21,24,29H2,1-3H3;;/q;+1;-1. The largest absolute Gasteiger partial charge is 1.00 e. The second kappa shape index (κ2) is 22.0. The summed E-state index contributed by atoms with van der Waals surface area (Å²) in [5.74, 6) is 0.524. The van der Waals surface area contributed by atoms with Gasteiger partial charge in [-0.25, -0.2) is 0 Å². The van der Waals surface area contributed by atoms with Crippen LogP contribution in [0.3, 0.4) is 0 Å². The molecular weight excluding hydrogens is 511 g/mol. The van der Waals surface area contributed by atoms with Crippen LogP contribution in [0.15, 0.2) is 59.5 Å². The number of hydrogen-bond donors (Lipinski definition) is 0. The first-order valence-corrected chi connectivity index (χ1v) is 16.9. The zero-order chi connectivity index (χ0) is 27.5. The Bertz CT molecular complexity index is 951. The summed E-state index contributed by atoms with van der Waals surface area (Å²) >= 11 is 0. The molecule has 0 radical (unpaired) electrons. The van der Waals surface area contributed by atoms with E-state index in [2.05, 4.69) is 32.9 Å². The third-order valence-corrected chi connectivity index (χ3v) is 9.13. The van der Waals surface area contributed by atoms with E-state index in [1.165, 1.54) is 89.0 Å². The summed E-state index contributed by atoms with van der Waals surface area (Å²) in [6.07, 6.45) is 20.0. The van der Waals surface area contributed by atoms with Crippen molar-refractivity contribution in [3.8, 4) is 0 Å². The van der Waals surface area contributed by atoms with Crippen LogP contribution in [0.25, 0.3) is 0 Å². The van der Waals surface area contributed by atoms with Gasteiger partial charge in [0.1, 0.15) is 0 Å². The minimum Gasteiger partial charge on any atom is -1.00 e. The molecule has 2 unspecified atom stereocenters. The van der Waals surface area contributed by atoms with E-state index in [1.807, 2.05) is 30.3 Å². The van der Waals surface area contributed by atoms with Crippen LogP contribution >= 0.6 is 0 Å². The first-order valence-electron chi connectivity index (χ1n) is 15.5. The monoisotopic (exact) mass is 566 g/mol. The zero-order valence-corrected chi connectivity index (χ0v) is 28.3. The van der Waals surface area contributed by atoms with Gasteiger partial charge in [-0.3, -0.25) is 4.18 Å². The van der Waals surface area contributed by atoms with Gasteiger partial charge in [-0.15, -0.1) is 0 Å². The Labute approximate surface area is 264 Å². The molecule has 39 heavy (non-hydrogen) atoms. The van der Waals surface area contributed by atoms with E-state index in [0.29, 0.717) is 5.92 Å². The van der Waals surface area contributed by atoms with Crippen LogP contribution in [0.4, 0.5) is 0 Å². The van der Waals surface area contributed by atoms with Gasteiger partial charge in [0.05, 0.1) is 11.5 Å². The maximum atomic E-state index is 13.0. The van der Waals surface area contributed by atoms with Gasteiger partial charge in [0.15, 0.2) is 0 Å². The first-order chi connectivity index (χ1) is 18.5. The topological polar surface area (TPSA) is 43.4 Å². The summed E-state index contributed by atoms with van der Waals surface area (Å²) in [7, 11) is -3.78. The van der Waals surface area contributed by atoms with E-state index in [4.69, 9.17) is 4.18 Å². The average molecular weight is 567 g/mol. The minimum absolute atomic E-state index is 0. The van der Waals surface area contributed by atoms with E-state index >= 15 is 0 Å². The van der Waals surface area contributed by atoms with Crippen molar-refractivity contribution in [3.63, 3.8) is 0 Å². The van der Waals surface area contributed by atoms with Crippen LogP contribution in [-0.2, 0) is 14.3 Å². The van der Waals surface area contributed by atoms with Gasteiger partial charge in [0.2, 0.25) is 0 Å². The van der Waals surface area contributed by atoms with Gasteiger partial charge in [-0.2, -0.15) is 8.42 Å². The molecule has 2 aromatic carbocycles. The molecule has 0 N–H and O–H groups in total. The summed E-state index contributed by atoms with van der Waals surface area (Å²) in [5, 5.41) is 0. The van der Waals surface area contributed by atoms with E-state index in [9.17, 15) is 8.42 Å². The molecule has 2 atom stereocenters. The Hall–Kier alpha value is -0.650. The fourth-order valence-corrected chi connectivity index (χ4v) is 6.15. The molecule has 3 nitrogen and oxygen atoms in total. The van der Waals surface area contributed by atoms with Crippen LogP contribution in [0.1, 0.15) is 148 Å². The van der Waals surface area contributed by atoms with Crippen LogP contribution in [0, 0.1) is 0 Å². The number of hydrogen-bond acceptors (Lipinski definition) is 3. The van der Waals surface area contributed by atoms with Crippen LogP contribution < -0.4 is 29.6 Å². The molecule has 0 aromatic heterocycles. The van der Waals surface area contributed by atoms with E-state index in [1.54, 1.807) is 12.1 Å². The Balaban J connectivity index is 0.00000760. The van der Waals surface area contributed by atoms with E-state index in [0.717, 1.165) is 24.8 Å². The van der Waals surface area contributed by atoms with Crippen molar-refractivity contribution in [1.29, 1.82) is 0 Å². The van der Waals surface area contributed by atoms with Crippen molar-refractivity contribution in [2.75, 3.05) is 6.61 Å². The van der Waals surface area contributed by atoms with Crippen molar-refractivity contribution in [3.05, 3.63) is 65.7 Å². The molecular formula is C34H55NaO3S. The molecule has 0 saturated carbocycles. The smallest absolute Gasteiger partial charge is 1.00 e. The average Bonchev–Trinajstić information content (AvgIpc) is 2.94. The maximum Gasteiger partial charge on any atom is 1.00 e. The molecule has 0 aliphatic carbocycles. The van der Waals surface area contributed by atoms with Gasteiger partial charge in [-0.05, 0) is 42.0 Å². The molecule has 0 heterocycles. The molecule has 0 aliphatic heterocycles. The van der Waals surface area contributed by atoms with Gasteiger partial charge < -0.3 is 1.43 Å². The summed E-state index contributed by atoms with van der Waals surface area (Å²) in [5.41, 5.74) is 2.36. The normalized spacial score (nSPS) is 13.1. The summed E-state index contributed by atoms with van der Waals surface area (Å²) in [6.45, 7) is 6.93. The van der Waals surface area contributed by atoms with Gasteiger partial charge in [0, 0.05) is 5.92 Å². The fraction of sp³-hybridized carbons (Fsp3) is 0.647. The first kappa shape index (κ1) is 36.4. The summed E-state index contributed by atoms with van der Waals surface area (Å²) in [4.78, 5) is 0.257. The van der Waals surface area contributed by atoms with Gasteiger partial charge in [0.25, 0.3) is 10.1 Å². The Kier molecular flexibility index (Phi) is 20.5. The molecule has 2 rings (SSSR count).